The van der Waals surface area contributed by atoms with Gasteiger partial charge >= 0.3 is 0 Å². The van der Waals surface area contributed by atoms with Crippen LogP contribution in [0.4, 0.5) is 5.69 Å². The fourth-order valence-electron chi connectivity index (χ4n) is 5.73. The van der Waals surface area contributed by atoms with Gasteiger partial charge in [-0.2, -0.15) is 0 Å². The van der Waals surface area contributed by atoms with Gasteiger partial charge < -0.3 is 29.2 Å². The van der Waals surface area contributed by atoms with Gasteiger partial charge in [0.05, 0.1) is 49.1 Å². The zero-order chi connectivity index (χ0) is 35.0. The third kappa shape index (κ3) is 8.40. The highest BCUT2D eigenvalue weighted by Crippen LogP contribution is 2.38. The summed E-state index contributed by atoms with van der Waals surface area (Å²) in [6, 6.07) is 12.8. The minimum Gasteiger partial charge on any atom is -0.497 e. The monoisotopic (exact) mass is 721 g/mol. The van der Waals surface area contributed by atoms with Crippen molar-refractivity contribution < 1.29 is 37.0 Å². The van der Waals surface area contributed by atoms with Crippen molar-refractivity contribution in [2.45, 2.75) is 62.6 Å². The molecule has 48 heavy (non-hydrogen) atoms. The lowest BCUT2D eigenvalue weighted by Crippen LogP contribution is -2.53. The Kier molecular flexibility index (Phi) is 12.7. The topological polar surface area (TPSA) is 124 Å². The number of anilines is 1. The van der Waals surface area contributed by atoms with E-state index in [9.17, 15) is 18.0 Å². The molecule has 260 valence electrons. The van der Waals surface area contributed by atoms with Crippen LogP contribution in [0.15, 0.2) is 59.5 Å². The molecule has 14 heteroatoms. The van der Waals surface area contributed by atoms with Crippen molar-refractivity contribution in [2.24, 2.45) is 0 Å². The summed E-state index contributed by atoms with van der Waals surface area (Å²) in [4.78, 5) is 29.5. The summed E-state index contributed by atoms with van der Waals surface area (Å²) in [6.07, 6.45) is 4.01. The Morgan fingerprint density at radius 3 is 2.12 bits per heavy atom. The normalized spacial score (nSPS) is 13.8. The van der Waals surface area contributed by atoms with E-state index in [-0.39, 0.29) is 52.0 Å². The number of sulfonamides is 1. The van der Waals surface area contributed by atoms with E-state index >= 15 is 0 Å². The summed E-state index contributed by atoms with van der Waals surface area (Å²) in [5, 5.41) is 3.71. The van der Waals surface area contributed by atoms with Gasteiger partial charge in [0.25, 0.3) is 10.0 Å². The van der Waals surface area contributed by atoms with Gasteiger partial charge in [-0.3, -0.25) is 13.9 Å². The number of hydrogen-bond donors (Lipinski definition) is 1. The summed E-state index contributed by atoms with van der Waals surface area (Å²) in [7, 11) is 1.19. The number of benzene rings is 3. The van der Waals surface area contributed by atoms with E-state index in [2.05, 4.69) is 5.32 Å². The summed E-state index contributed by atoms with van der Waals surface area (Å²) < 4.78 is 51.6. The molecular formula is C34H41Cl2N3O8S. The summed E-state index contributed by atoms with van der Waals surface area (Å²) in [5.74, 6) is 0.0632. The largest absolute Gasteiger partial charge is 0.497 e. The number of carbonyl (C=O) groups excluding carboxylic acids is 2. The molecule has 0 bridgehead atoms. The molecule has 1 aliphatic carbocycles. The second kappa shape index (κ2) is 16.5. The molecule has 1 atom stereocenters. The average molecular weight is 723 g/mol. The van der Waals surface area contributed by atoms with E-state index in [0.717, 1.165) is 30.0 Å². The molecule has 1 saturated carbocycles. The van der Waals surface area contributed by atoms with Crippen molar-refractivity contribution >= 4 is 50.7 Å². The molecule has 0 heterocycles. The molecule has 0 unspecified atom stereocenters. The Balaban J connectivity index is 1.83. The van der Waals surface area contributed by atoms with Crippen LogP contribution in [0.2, 0.25) is 10.0 Å². The van der Waals surface area contributed by atoms with Crippen molar-refractivity contribution in [3.63, 3.8) is 0 Å². The van der Waals surface area contributed by atoms with Gasteiger partial charge in [0.2, 0.25) is 11.8 Å². The Bertz CT molecular complexity index is 1720. The lowest BCUT2D eigenvalue weighted by Gasteiger charge is -2.34. The number of amides is 2. The lowest BCUT2D eigenvalue weighted by atomic mass is 10.1. The number of carbonyl (C=O) groups is 2. The SMILES string of the molecule is CC[C@H](C(=O)NC1CCCC1)N(Cc1ccc(Cl)c(Cl)c1)C(=O)CN(c1cc(OC)ccc1OC)S(=O)(=O)c1ccc(OC)c(OC)c1. The molecule has 4 rings (SSSR count). The minimum absolute atomic E-state index is 0.0106. The van der Waals surface area contributed by atoms with Crippen molar-refractivity contribution in [1.82, 2.24) is 10.2 Å². The van der Waals surface area contributed by atoms with Gasteiger partial charge in [0, 0.05) is 24.7 Å². The Morgan fingerprint density at radius 2 is 1.52 bits per heavy atom. The van der Waals surface area contributed by atoms with Gasteiger partial charge in [-0.15, -0.1) is 0 Å². The molecule has 0 aromatic heterocycles. The highest BCUT2D eigenvalue weighted by molar-refractivity contribution is 7.92. The number of methoxy groups -OCH3 is 4. The molecule has 11 nitrogen and oxygen atoms in total. The summed E-state index contributed by atoms with van der Waals surface area (Å²) in [5.41, 5.74) is 0.663. The first kappa shape index (κ1) is 37.0. The Hall–Kier alpha value is -3.87. The number of halogens is 2. The van der Waals surface area contributed by atoms with Crippen LogP contribution in [0.3, 0.4) is 0 Å². The predicted octanol–water partition coefficient (Wildman–Crippen LogP) is 6.09. The number of hydrogen-bond acceptors (Lipinski definition) is 8. The molecule has 1 fully saturated rings. The van der Waals surface area contributed by atoms with Gasteiger partial charge in [0.15, 0.2) is 11.5 Å². The molecule has 0 saturated heterocycles. The van der Waals surface area contributed by atoms with Crippen molar-refractivity contribution in [3.8, 4) is 23.0 Å². The molecule has 3 aromatic carbocycles. The van der Waals surface area contributed by atoms with Crippen LogP contribution in [0.25, 0.3) is 0 Å². The van der Waals surface area contributed by atoms with E-state index < -0.39 is 28.5 Å². The first-order chi connectivity index (χ1) is 23.0. The Labute approximate surface area is 292 Å². The summed E-state index contributed by atoms with van der Waals surface area (Å²) in [6.45, 7) is 1.08. The van der Waals surface area contributed by atoms with Crippen LogP contribution in [-0.2, 0) is 26.2 Å². The van der Waals surface area contributed by atoms with Crippen LogP contribution in [0.1, 0.15) is 44.6 Å². The van der Waals surface area contributed by atoms with Crippen LogP contribution in [-0.4, -0.2) is 72.2 Å². The number of nitrogens with one attached hydrogen (secondary N) is 1. The van der Waals surface area contributed by atoms with E-state index in [1.54, 1.807) is 37.3 Å². The van der Waals surface area contributed by atoms with Crippen LogP contribution < -0.4 is 28.6 Å². The zero-order valence-corrected chi connectivity index (χ0v) is 30.0. The van der Waals surface area contributed by atoms with Crippen LogP contribution in [0, 0.1) is 0 Å². The number of ether oxygens (including phenoxy) is 4. The maximum atomic E-state index is 14.5. The average Bonchev–Trinajstić information content (AvgIpc) is 3.60. The number of rotatable bonds is 15. The molecule has 1 N–H and O–H groups in total. The maximum absolute atomic E-state index is 14.5. The molecule has 3 aromatic rings. The van der Waals surface area contributed by atoms with E-state index in [1.165, 1.54) is 57.6 Å². The zero-order valence-electron chi connectivity index (χ0n) is 27.6. The fraction of sp³-hybridized carbons (Fsp3) is 0.412. The van der Waals surface area contributed by atoms with Crippen molar-refractivity contribution in [3.05, 3.63) is 70.2 Å². The quantitative estimate of drug-likeness (QED) is 0.200. The first-order valence-electron chi connectivity index (χ1n) is 15.5. The highest BCUT2D eigenvalue weighted by Gasteiger charge is 2.36. The first-order valence-corrected chi connectivity index (χ1v) is 17.7. The molecule has 0 radical (unpaired) electrons. The van der Waals surface area contributed by atoms with E-state index in [4.69, 9.17) is 42.1 Å². The second-order valence-corrected chi connectivity index (χ2v) is 13.9. The third-order valence-electron chi connectivity index (χ3n) is 8.30. The Morgan fingerprint density at radius 1 is 0.854 bits per heavy atom. The molecule has 2 amide bonds. The number of nitrogens with zero attached hydrogens (tertiary/aromatic N) is 2. The van der Waals surface area contributed by atoms with E-state index in [0.29, 0.717) is 22.1 Å². The molecule has 1 aliphatic rings. The van der Waals surface area contributed by atoms with Gasteiger partial charge in [0.1, 0.15) is 24.1 Å². The molecule has 0 aliphatic heterocycles. The van der Waals surface area contributed by atoms with Gasteiger partial charge in [-0.25, -0.2) is 8.42 Å². The van der Waals surface area contributed by atoms with Crippen molar-refractivity contribution in [2.75, 3.05) is 39.3 Å². The highest BCUT2D eigenvalue weighted by atomic mass is 35.5. The minimum atomic E-state index is -4.48. The standard InChI is InChI=1S/C34H41Cl2N3O8S/c1-6-28(34(41)37-23-9-7-8-10-23)38(20-22-11-14-26(35)27(36)17-22)33(40)21-39(29-18-24(44-2)12-15-30(29)45-3)48(42,43)25-13-16-31(46-4)32(19-25)47-5/h11-19,23,28H,6-10,20-21H2,1-5H3,(H,37,41)/t28-/m1/s1. The smallest absolute Gasteiger partial charge is 0.265 e. The van der Waals surface area contributed by atoms with Crippen LogP contribution >= 0.6 is 23.2 Å². The van der Waals surface area contributed by atoms with Crippen LogP contribution in [0.5, 0.6) is 23.0 Å². The third-order valence-corrected chi connectivity index (χ3v) is 10.8. The second-order valence-electron chi connectivity index (χ2n) is 11.3. The summed E-state index contributed by atoms with van der Waals surface area (Å²) >= 11 is 12.5. The molecule has 0 spiro atoms. The van der Waals surface area contributed by atoms with Gasteiger partial charge in [-0.1, -0.05) is 49.0 Å². The van der Waals surface area contributed by atoms with E-state index in [1.807, 2.05) is 0 Å². The molecular weight excluding hydrogens is 681 g/mol. The van der Waals surface area contributed by atoms with Crippen molar-refractivity contribution in [1.29, 1.82) is 0 Å². The lowest BCUT2D eigenvalue weighted by molar-refractivity contribution is -0.140. The predicted molar refractivity (Wildman–Crippen MR) is 185 cm³/mol. The maximum Gasteiger partial charge on any atom is 0.265 e. The van der Waals surface area contributed by atoms with Gasteiger partial charge in [-0.05, 0) is 61.2 Å². The fourth-order valence-corrected chi connectivity index (χ4v) is 7.48.